The highest BCUT2D eigenvalue weighted by molar-refractivity contribution is 7.90. The molecule has 1 aliphatic carbocycles. The Morgan fingerprint density at radius 2 is 1.88 bits per heavy atom. The Morgan fingerprint density at radius 3 is 2.35 bits per heavy atom. The molecule has 0 aromatic carbocycles. The lowest BCUT2D eigenvalue weighted by atomic mass is 10.3. The van der Waals surface area contributed by atoms with Gasteiger partial charge >= 0.3 is 0 Å². The first kappa shape index (κ1) is 12.6. The Hall–Kier alpha value is -0.860. The van der Waals surface area contributed by atoms with Gasteiger partial charge < -0.3 is 10.9 Å². The maximum atomic E-state index is 12.0. The van der Waals surface area contributed by atoms with Crippen LogP contribution in [0, 0.1) is 0 Å². The normalized spacial score (nSPS) is 25.1. The van der Waals surface area contributed by atoms with Crippen molar-refractivity contribution in [1.29, 1.82) is 0 Å². The van der Waals surface area contributed by atoms with Crippen molar-refractivity contribution in [3.63, 3.8) is 0 Å². The number of hydrogen-bond donors (Lipinski definition) is 2. The lowest BCUT2D eigenvalue weighted by Crippen LogP contribution is -2.51. The molecule has 2 aliphatic rings. The molecule has 1 saturated heterocycles. The third-order valence-corrected chi connectivity index (χ3v) is 5.55. The summed E-state index contributed by atoms with van der Waals surface area (Å²) in [5, 5.41) is 11.2. The fourth-order valence-corrected chi connectivity index (χ4v) is 3.81. The molecular formula is C9H18N4O3S. The summed E-state index contributed by atoms with van der Waals surface area (Å²) in [5.74, 6) is 0.156. The Labute approximate surface area is 101 Å². The average Bonchev–Trinajstić information content (AvgIpc) is 3.13. The molecule has 98 valence electrons. The molecule has 0 radical (unpaired) electrons. The molecule has 2 fully saturated rings. The van der Waals surface area contributed by atoms with E-state index in [4.69, 9.17) is 10.9 Å². The molecule has 0 unspecified atom stereocenters. The molecule has 0 aromatic heterocycles. The van der Waals surface area contributed by atoms with Crippen LogP contribution < -0.4 is 5.73 Å². The van der Waals surface area contributed by atoms with Crippen molar-refractivity contribution in [2.75, 3.05) is 32.7 Å². The first-order chi connectivity index (χ1) is 8.04. The quantitative estimate of drug-likeness (QED) is 0.288. The van der Waals surface area contributed by atoms with Gasteiger partial charge in [0.05, 0.1) is 11.8 Å². The summed E-state index contributed by atoms with van der Waals surface area (Å²) >= 11 is 0. The molecule has 7 nitrogen and oxygen atoms in total. The van der Waals surface area contributed by atoms with Crippen molar-refractivity contribution in [2.45, 2.75) is 18.1 Å². The fraction of sp³-hybridized carbons (Fsp3) is 0.889. The van der Waals surface area contributed by atoms with Gasteiger partial charge in [0, 0.05) is 26.2 Å². The van der Waals surface area contributed by atoms with Crippen LogP contribution in [0.1, 0.15) is 12.8 Å². The predicted molar refractivity (Wildman–Crippen MR) is 63.4 cm³/mol. The second kappa shape index (κ2) is 4.79. The minimum absolute atomic E-state index is 0.141. The van der Waals surface area contributed by atoms with E-state index in [1.54, 1.807) is 4.31 Å². The molecule has 17 heavy (non-hydrogen) atoms. The van der Waals surface area contributed by atoms with Crippen LogP contribution >= 0.6 is 0 Å². The molecule has 0 amide bonds. The molecule has 1 heterocycles. The highest BCUT2D eigenvalue weighted by atomic mass is 32.2. The SMILES string of the molecule is NC(CN1CCN(S(=O)(=O)C2CC2)CC1)=NO. The molecule has 0 atom stereocenters. The number of hydrogen-bond acceptors (Lipinski definition) is 5. The van der Waals surface area contributed by atoms with Crippen LogP contribution in [-0.4, -0.2) is 66.6 Å². The maximum absolute atomic E-state index is 12.0. The summed E-state index contributed by atoms with van der Waals surface area (Å²) in [7, 11) is -3.05. The van der Waals surface area contributed by atoms with Gasteiger partial charge in [0.15, 0.2) is 5.84 Å². The van der Waals surface area contributed by atoms with Crippen molar-refractivity contribution in [2.24, 2.45) is 10.9 Å². The van der Waals surface area contributed by atoms with Gasteiger partial charge in [0.1, 0.15) is 0 Å². The molecule has 0 bridgehead atoms. The number of sulfonamides is 1. The van der Waals surface area contributed by atoms with Gasteiger partial charge in [-0.15, -0.1) is 0 Å². The van der Waals surface area contributed by atoms with E-state index < -0.39 is 10.0 Å². The van der Waals surface area contributed by atoms with Gasteiger partial charge in [0.2, 0.25) is 10.0 Å². The first-order valence-electron chi connectivity index (χ1n) is 5.72. The smallest absolute Gasteiger partial charge is 0.217 e. The third kappa shape index (κ3) is 2.88. The van der Waals surface area contributed by atoms with Crippen LogP contribution in [0.5, 0.6) is 0 Å². The molecule has 0 spiro atoms. The van der Waals surface area contributed by atoms with Gasteiger partial charge in [-0.25, -0.2) is 8.42 Å². The Morgan fingerprint density at radius 1 is 1.29 bits per heavy atom. The number of nitrogens with two attached hydrogens (primary N) is 1. The van der Waals surface area contributed by atoms with E-state index in [0.29, 0.717) is 32.7 Å². The Kier molecular flexibility index (Phi) is 3.55. The minimum atomic E-state index is -3.05. The van der Waals surface area contributed by atoms with Crippen molar-refractivity contribution < 1.29 is 13.6 Å². The van der Waals surface area contributed by atoms with E-state index in [-0.39, 0.29) is 11.1 Å². The number of piperazine rings is 1. The number of rotatable bonds is 4. The first-order valence-corrected chi connectivity index (χ1v) is 7.22. The second-order valence-electron chi connectivity index (χ2n) is 4.51. The van der Waals surface area contributed by atoms with Crippen LogP contribution in [0.3, 0.4) is 0 Å². The second-order valence-corrected chi connectivity index (χ2v) is 6.72. The zero-order valence-electron chi connectivity index (χ0n) is 9.62. The summed E-state index contributed by atoms with van der Waals surface area (Å²) in [6, 6.07) is 0. The van der Waals surface area contributed by atoms with Crippen LogP contribution in [0.15, 0.2) is 5.16 Å². The molecule has 0 aromatic rings. The number of oxime groups is 1. The van der Waals surface area contributed by atoms with Crippen molar-refractivity contribution in [1.82, 2.24) is 9.21 Å². The number of nitrogens with zero attached hydrogens (tertiary/aromatic N) is 3. The van der Waals surface area contributed by atoms with Gasteiger partial charge in [-0.2, -0.15) is 4.31 Å². The van der Waals surface area contributed by atoms with E-state index >= 15 is 0 Å². The predicted octanol–water partition coefficient (Wildman–Crippen LogP) is -1.16. The van der Waals surface area contributed by atoms with E-state index in [2.05, 4.69) is 5.16 Å². The third-order valence-electron chi connectivity index (χ3n) is 3.15. The van der Waals surface area contributed by atoms with E-state index in [1.165, 1.54) is 0 Å². The van der Waals surface area contributed by atoms with Crippen molar-refractivity contribution in [3.05, 3.63) is 0 Å². The Balaban J connectivity index is 1.86. The standard InChI is InChI=1S/C9H18N4O3S/c10-9(11-14)7-12-3-5-13(6-4-12)17(15,16)8-1-2-8/h8,14H,1-7H2,(H2,10,11). The average molecular weight is 262 g/mol. The van der Waals surface area contributed by atoms with Crippen molar-refractivity contribution >= 4 is 15.9 Å². The largest absolute Gasteiger partial charge is 0.409 e. The zero-order chi connectivity index (χ0) is 12.5. The van der Waals surface area contributed by atoms with Crippen LogP contribution in [-0.2, 0) is 10.0 Å². The van der Waals surface area contributed by atoms with Gasteiger partial charge in [-0.3, -0.25) is 4.90 Å². The summed E-state index contributed by atoms with van der Waals surface area (Å²) < 4.78 is 25.5. The van der Waals surface area contributed by atoms with E-state index in [1.807, 2.05) is 4.90 Å². The minimum Gasteiger partial charge on any atom is -0.409 e. The molecule has 3 N–H and O–H groups in total. The lowest BCUT2D eigenvalue weighted by Gasteiger charge is -2.33. The van der Waals surface area contributed by atoms with Crippen molar-refractivity contribution in [3.8, 4) is 0 Å². The van der Waals surface area contributed by atoms with E-state index in [0.717, 1.165) is 12.8 Å². The molecular weight excluding hydrogens is 244 g/mol. The van der Waals surface area contributed by atoms with Gasteiger partial charge in [-0.05, 0) is 12.8 Å². The topological polar surface area (TPSA) is 99.2 Å². The summed E-state index contributed by atoms with van der Waals surface area (Å²) in [6.45, 7) is 2.63. The lowest BCUT2D eigenvalue weighted by molar-refractivity contribution is 0.206. The summed E-state index contributed by atoms with van der Waals surface area (Å²) in [4.78, 5) is 1.98. The molecule has 1 aliphatic heterocycles. The summed E-state index contributed by atoms with van der Waals surface area (Å²) in [5.41, 5.74) is 5.41. The monoisotopic (exact) mass is 262 g/mol. The molecule has 8 heteroatoms. The van der Waals surface area contributed by atoms with Crippen LogP contribution in [0.4, 0.5) is 0 Å². The molecule has 2 rings (SSSR count). The van der Waals surface area contributed by atoms with E-state index in [9.17, 15) is 8.42 Å². The summed E-state index contributed by atoms with van der Waals surface area (Å²) in [6.07, 6.45) is 1.60. The van der Waals surface area contributed by atoms with Gasteiger partial charge in [0.25, 0.3) is 0 Å². The zero-order valence-corrected chi connectivity index (χ0v) is 10.4. The Bertz CT molecular complexity index is 396. The van der Waals surface area contributed by atoms with Gasteiger partial charge in [-0.1, -0.05) is 5.16 Å². The molecule has 1 saturated carbocycles. The van der Waals surface area contributed by atoms with Crippen LogP contribution in [0.2, 0.25) is 0 Å². The highest BCUT2D eigenvalue weighted by Crippen LogP contribution is 2.31. The fourth-order valence-electron chi connectivity index (χ4n) is 1.98. The maximum Gasteiger partial charge on any atom is 0.217 e. The highest BCUT2D eigenvalue weighted by Gasteiger charge is 2.40. The van der Waals surface area contributed by atoms with Crippen LogP contribution in [0.25, 0.3) is 0 Å². The number of amidine groups is 1.